The van der Waals surface area contributed by atoms with Crippen LogP contribution in [0.5, 0.6) is 0 Å². The van der Waals surface area contributed by atoms with Crippen molar-refractivity contribution in [2.75, 3.05) is 0 Å². The molecule has 0 amide bonds. The number of hydrogen-bond donors (Lipinski definition) is 1. The van der Waals surface area contributed by atoms with Crippen LogP contribution in [0.15, 0.2) is 29.2 Å². The fourth-order valence-electron chi connectivity index (χ4n) is 0.728. The van der Waals surface area contributed by atoms with Crippen LogP contribution in [0.4, 0.5) is 0 Å². The van der Waals surface area contributed by atoms with E-state index >= 15 is 0 Å². The topological polar surface area (TPSA) is 155 Å². The van der Waals surface area contributed by atoms with Crippen LogP contribution in [0.1, 0.15) is 5.56 Å². The van der Waals surface area contributed by atoms with Crippen LogP contribution in [0.2, 0.25) is 0 Å². The van der Waals surface area contributed by atoms with Gasteiger partial charge < -0.3 is 16.4 Å². The van der Waals surface area contributed by atoms with Crippen molar-refractivity contribution in [1.29, 1.82) is 0 Å². The van der Waals surface area contributed by atoms with Crippen LogP contribution in [0.25, 0.3) is 0 Å². The van der Waals surface area contributed by atoms with Crippen molar-refractivity contribution in [2.24, 2.45) is 5.14 Å². The standard InChI is InChI=1S/C7H9NO2S.Na.3H2O.H/c1-6-2-4-7(5-3-6)11(8,9)10;;;;;/h2-5H,1H3,(H2,8,9,10);;3*1H2;. The molecule has 6 nitrogen and oxygen atoms in total. The van der Waals surface area contributed by atoms with E-state index in [2.05, 4.69) is 0 Å². The molecule has 0 heterocycles. The molecule has 0 spiro atoms. The van der Waals surface area contributed by atoms with Gasteiger partial charge in [-0.2, -0.15) is 0 Å². The van der Waals surface area contributed by atoms with Gasteiger partial charge in [-0.15, -0.1) is 0 Å². The van der Waals surface area contributed by atoms with Gasteiger partial charge >= 0.3 is 29.6 Å². The Labute approximate surface area is 111 Å². The van der Waals surface area contributed by atoms with Gasteiger partial charge in [0.25, 0.3) is 0 Å². The van der Waals surface area contributed by atoms with Crippen LogP contribution in [-0.2, 0) is 10.0 Å². The zero-order chi connectivity index (χ0) is 8.48. The summed E-state index contributed by atoms with van der Waals surface area (Å²) in [7, 11) is -3.52. The summed E-state index contributed by atoms with van der Waals surface area (Å²) in [5, 5.41) is 4.88. The molecule has 1 aromatic carbocycles. The SMILES string of the molecule is Cc1ccc(S(N)(=O)=O)cc1.O.O.O.[NaH]. The van der Waals surface area contributed by atoms with E-state index in [0.29, 0.717) is 0 Å². The number of aryl methyl sites for hydroxylation is 1. The number of rotatable bonds is 1. The first-order valence-electron chi connectivity index (χ1n) is 3.09. The average Bonchev–Trinajstić information content (AvgIpc) is 1.86. The summed E-state index contributed by atoms with van der Waals surface area (Å²) >= 11 is 0. The van der Waals surface area contributed by atoms with Crippen molar-refractivity contribution in [1.82, 2.24) is 0 Å². The molecular formula is C7H16NNaO5S. The van der Waals surface area contributed by atoms with Gasteiger partial charge in [0, 0.05) is 0 Å². The van der Waals surface area contributed by atoms with E-state index in [-0.39, 0.29) is 50.9 Å². The second kappa shape index (κ2) is 9.25. The molecule has 0 unspecified atom stereocenters. The van der Waals surface area contributed by atoms with Crippen molar-refractivity contribution >= 4 is 39.6 Å². The first kappa shape index (κ1) is 24.3. The minimum atomic E-state index is -3.52. The Bertz CT molecular complexity index is 350. The van der Waals surface area contributed by atoms with E-state index in [1.54, 1.807) is 12.1 Å². The molecule has 0 saturated carbocycles. The third-order valence-corrected chi connectivity index (χ3v) is 2.28. The van der Waals surface area contributed by atoms with E-state index in [1.807, 2.05) is 6.92 Å². The predicted molar refractivity (Wildman–Crippen MR) is 60.5 cm³/mol. The van der Waals surface area contributed by atoms with Crippen LogP contribution >= 0.6 is 0 Å². The maximum atomic E-state index is 10.7. The fourth-order valence-corrected chi connectivity index (χ4v) is 1.24. The fraction of sp³-hybridized carbons (Fsp3) is 0.143. The molecule has 0 radical (unpaired) electrons. The average molecular weight is 249 g/mol. The van der Waals surface area contributed by atoms with E-state index in [0.717, 1.165) is 5.56 Å². The zero-order valence-corrected chi connectivity index (χ0v) is 8.43. The second-order valence-electron chi connectivity index (χ2n) is 2.36. The molecule has 8 N–H and O–H groups in total. The summed E-state index contributed by atoms with van der Waals surface area (Å²) in [6, 6.07) is 6.40. The van der Waals surface area contributed by atoms with E-state index < -0.39 is 10.0 Å². The zero-order valence-electron chi connectivity index (χ0n) is 7.61. The quantitative estimate of drug-likeness (QED) is 0.547. The number of sulfonamides is 1. The van der Waals surface area contributed by atoms with E-state index in [1.165, 1.54) is 12.1 Å². The van der Waals surface area contributed by atoms with Gasteiger partial charge in [0.05, 0.1) is 4.90 Å². The number of hydrogen-bond acceptors (Lipinski definition) is 2. The van der Waals surface area contributed by atoms with Gasteiger partial charge in [0.1, 0.15) is 0 Å². The summed E-state index contributed by atoms with van der Waals surface area (Å²) in [6.45, 7) is 1.88. The molecule has 0 bridgehead atoms. The minimum absolute atomic E-state index is 0. The molecule has 8 heteroatoms. The molecular weight excluding hydrogens is 233 g/mol. The molecule has 0 aliphatic rings. The number of benzene rings is 1. The van der Waals surface area contributed by atoms with Crippen LogP contribution in [0, 0.1) is 6.92 Å². The van der Waals surface area contributed by atoms with Gasteiger partial charge in [-0.25, -0.2) is 13.6 Å². The van der Waals surface area contributed by atoms with Gasteiger partial charge in [-0.1, -0.05) is 17.7 Å². The summed E-state index contributed by atoms with van der Waals surface area (Å²) in [6.07, 6.45) is 0. The summed E-state index contributed by atoms with van der Waals surface area (Å²) in [4.78, 5) is 0.156. The molecule has 0 atom stereocenters. The Kier molecular flexibility index (Phi) is 15.0. The van der Waals surface area contributed by atoms with Crippen LogP contribution < -0.4 is 5.14 Å². The number of nitrogens with two attached hydrogens (primary N) is 1. The van der Waals surface area contributed by atoms with Crippen molar-refractivity contribution in [3.05, 3.63) is 29.8 Å². The first-order valence-corrected chi connectivity index (χ1v) is 4.64. The Hall–Kier alpha value is 0.01000. The third-order valence-electron chi connectivity index (χ3n) is 1.35. The first-order chi connectivity index (χ1) is 5.00. The second-order valence-corrected chi connectivity index (χ2v) is 3.92. The summed E-state index contributed by atoms with van der Waals surface area (Å²) in [5.41, 5.74) is 1.01. The van der Waals surface area contributed by atoms with E-state index in [9.17, 15) is 8.42 Å². The molecule has 0 aliphatic carbocycles. The Morgan fingerprint density at radius 2 is 1.33 bits per heavy atom. The van der Waals surface area contributed by atoms with Gasteiger partial charge in [-0.3, -0.25) is 0 Å². The third kappa shape index (κ3) is 7.88. The van der Waals surface area contributed by atoms with Crippen molar-refractivity contribution in [3.63, 3.8) is 0 Å². The maximum absolute atomic E-state index is 10.7. The van der Waals surface area contributed by atoms with Crippen molar-refractivity contribution in [2.45, 2.75) is 11.8 Å². The van der Waals surface area contributed by atoms with Crippen LogP contribution in [0.3, 0.4) is 0 Å². The molecule has 15 heavy (non-hydrogen) atoms. The van der Waals surface area contributed by atoms with Crippen LogP contribution in [-0.4, -0.2) is 54.4 Å². The molecule has 0 saturated heterocycles. The molecule has 0 aliphatic heterocycles. The van der Waals surface area contributed by atoms with E-state index in [4.69, 9.17) is 5.14 Å². The molecule has 1 rings (SSSR count). The summed E-state index contributed by atoms with van der Waals surface area (Å²) in [5.74, 6) is 0. The monoisotopic (exact) mass is 249 g/mol. The normalized spacial score (nSPS) is 8.40. The van der Waals surface area contributed by atoms with Crippen molar-refractivity contribution in [3.8, 4) is 0 Å². The number of primary sulfonamides is 1. The molecule has 0 aromatic heterocycles. The molecule has 86 valence electrons. The van der Waals surface area contributed by atoms with Gasteiger partial charge in [0.15, 0.2) is 0 Å². The van der Waals surface area contributed by atoms with Gasteiger partial charge in [0.2, 0.25) is 10.0 Å². The Balaban J connectivity index is -0.000000151. The van der Waals surface area contributed by atoms with Gasteiger partial charge in [-0.05, 0) is 19.1 Å². The predicted octanol–water partition coefficient (Wildman–Crippen LogP) is -2.48. The summed E-state index contributed by atoms with van der Waals surface area (Å²) < 4.78 is 21.4. The molecule has 0 fully saturated rings. The Morgan fingerprint density at radius 1 is 1.00 bits per heavy atom. The van der Waals surface area contributed by atoms with Crippen molar-refractivity contribution < 1.29 is 24.8 Å². The Morgan fingerprint density at radius 3 is 1.60 bits per heavy atom. The molecule has 1 aromatic rings.